The molecule has 0 spiro atoms. The van der Waals surface area contributed by atoms with Gasteiger partial charge in [0.15, 0.2) is 11.5 Å². The van der Waals surface area contributed by atoms with Crippen molar-refractivity contribution >= 4 is 29.3 Å². The Morgan fingerprint density at radius 3 is 2.92 bits per heavy atom. The SMILES string of the molecule is CCNC(=O)c1cccnc1SCC(=O)Nc1ccc2c(c1)OCO2. The molecule has 0 bridgehead atoms. The standard InChI is InChI=1S/C17H17N3O4S/c1-2-18-16(22)12-4-3-7-19-17(12)25-9-15(21)20-11-5-6-13-14(8-11)24-10-23-13/h3-8H,2,9-10H2,1H3,(H,18,22)(H,20,21). The van der Waals surface area contributed by atoms with Gasteiger partial charge in [-0.2, -0.15) is 0 Å². The largest absolute Gasteiger partial charge is 0.454 e. The van der Waals surface area contributed by atoms with Crippen LogP contribution in [0.1, 0.15) is 17.3 Å². The minimum Gasteiger partial charge on any atom is -0.454 e. The number of anilines is 1. The molecule has 3 rings (SSSR count). The number of hydrogen-bond acceptors (Lipinski definition) is 6. The molecular formula is C17H17N3O4S. The number of benzene rings is 1. The molecule has 8 heteroatoms. The lowest BCUT2D eigenvalue weighted by molar-refractivity contribution is -0.113. The van der Waals surface area contributed by atoms with Crippen molar-refractivity contribution in [1.82, 2.24) is 10.3 Å². The van der Waals surface area contributed by atoms with E-state index in [-0.39, 0.29) is 24.4 Å². The molecule has 0 saturated heterocycles. The fourth-order valence-corrected chi connectivity index (χ4v) is 3.03. The maximum atomic E-state index is 12.2. The van der Waals surface area contributed by atoms with Crippen LogP contribution in [0.5, 0.6) is 11.5 Å². The van der Waals surface area contributed by atoms with Crippen LogP contribution < -0.4 is 20.1 Å². The van der Waals surface area contributed by atoms with Crippen molar-refractivity contribution in [3.05, 3.63) is 42.1 Å². The number of fused-ring (bicyclic) bond motifs is 1. The van der Waals surface area contributed by atoms with Crippen LogP contribution in [0.2, 0.25) is 0 Å². The summed E-state index contributed by atoms with van der Waals surface area (Å²) in [6, 6.07) is 8.59. The number of thioether (sulfide) groups is 1. The highest BCUT2D eigenvalue weighted by molar-refractivity contribution is 8.00. The maximum Gasteiger partial charge on any atom is 0.254 e. The van der Waals surface area contributed by atoms with Gasteiger partial charge in [-0.05, 0) is 31.2 Å². The van der Waals surface area contributed by atoms with Crippen molar-refractivity contribution in [2.24, 2.45) is 0 Å². The second-order valence-electron chi connectivity index (χ2n) is 5.12. The van der Waals surface area contributed by atoms with Gasteiger partial charge in [-0.15, -0.1) is 0 Å². The van der Waals surface area contributed by atoms with E-state index in [0.29, 0.717) is 34.3 Å². The van der Waals surface area contributed by atoms with Crippen LogP contribution in [0.4, 0.5) is 5.69 Å². The summed E-state index contributed by atoms with van der Waals surface area (Å²) in [5.41, 5.74) is 1.09. The molecule has 0 atom stereocenters. The molecule has 1 aromatic carbocycles. The van der Waals surface area contributed by atoms with Gasteiger partial charge in [-0.1, -0.05) is 11.8 Å². The molecule has 0 fully saturated rings. The zero-order valence-corrected chi connectivity index (χ0v) is 14.4. The third kappa shape index (κ3) is 4.21. The first-order valence-electron chi connectivity index (χ1n) is 7.73. The van der Waals surface area contributed by atoms with Gasteiger partial charge in [0.05, 0.1) is 11.3 Å². The molecule has 0 aliphatic carbocycles. The van der Waals surface area contributed by atoms with E-state index in [1.807, 2.05) is 6.92 Å². The summed E-state index contributed by atoms with van der Waals surface area (Å²) in [4.78, 5) is 28.4. The average Bonchev–Trinajstić information content (AvgIpc) is 3.08. The van der Waals surface area contributed by atoms with Crippen LogP contribution in [-0.4, -0.2) is 35.9 Å². The van der Waals surface area contributed by atoms with E-state index in [1.54, 1.807) is 36.5 Å². The van der Waals surface area contributed by atoms with Gasteiger partial charge in [-0.25, -0.2) is 4.98 Å². The molecule has 2 amide bonds. The van der Waals surface area contributed by atoms with Crippen LogP contribution in [0.3, 0.4) is 0 Å². The first-order valence-corrected chi connectivity index (χ1v) is 8.71. The summed E-state index contributed by atoms with van der Waals surface area (Å²) >= 11 is 1.21. The number of pyridine rings is 1. The Hall–Kier alpha value is -2.74. The molecule has 130 valence electrons. The summed E-state index contributed by atoms with van der Waals surface area (Å²) in [5, 5.41) is 6.05. The average molecular weight is 359 g/mol. The molecule has 1 aliphatic rings. The summed E-state index contributed by atoms with van der Waals surface area (Å²) in [5.74, 6) is 1.00. The van der Waals surface area contributed by atoms with E-state index in [0.717, 1.165) is 0 Å². The maximum absolute atomic E-state index is 12.2. The highest BCUT2D eigenvalue weighted by atomic mass is 32.2. The van der Waals surface area contributed by atoms with E-state index >= 15 is 0 Å². The third-order valence-corrected chi connectivity index (χ3v) is 4.35. The molecule has 0 unspecified atom stereocenters. The van der Waals surface area contributed by atoms with Crippen molar-refractivity contribution in [2.45, 2.75) is 11.9 Å². The van der Waals surface area contributed by atoms with Gasteiger partial charge in [0.1, 0.15) is 5.03 Å². The zero-order chi connectivity index (χ0) is 17.6. The molecule has 2 aromatic rings. The van der Waals surface area contributed by atoms with Crippen molar-refractivity contribution in [1.29, 1.82) is 0 Å². The van der Waals surface area contributed by atoms with Crippen LogP contribution in [0.15, 0.2) is 41.6 Å². The van der Waals surface area contributed by atoms with E-state index < -0.39 is 0 Å². The number of aromatic nitrogens is 1. The minimum absolute atomic E-state index is 0.137. The Morgan fingerprint density at radius 2 is 2.08 bits per heavy atom. The topological polar surface area (TPSA) is 89.6 Å². The third-order valence-electron chi connectivity index (χ3n) is 3.35. The predicted molar refractivity (Wildman–Crippen MR) is 94.2 cm³/mol. The molecular weight excluding hydrogens is 342 g/mol. The summed E-state index contributed by atoms with van der Waals surface area (Å²) in [6.07, 6.45) is 1.60. The summed E-state index contributed by atoms with van der Waals surface area (Å²) < 4.78 is 10.5. The lowest BCUT2D eigenvalue weighted by Crippen LogP contribution is -2.23. The Morgan fingerprint density at radius 1 is 1.24 bits per heavy atom. The van der Waals surface area contributed by atoms with E-state index in [1.165, 1.54) is 11.8 Å². The van der Waals surface area contributed by atoms with Crippen LogP contribution in [0, 0.1) is 0 Å². The second-order valence-corrected chi connectivity index (χ2v) is 6.08. The van der Waals surface area contributed by atoms with E-state index in [4.69, 9.17) is 9.47 Å². The Bertz CT molecular complexity index is 797. The van der Waals surface area contributed by atoms with Gasteiger partial charge in [-0.3, -0.25) is 9.59 Å². The normalized spacial score (nSPS) is 11.9. The summed E-state index contributed by atoms with van der Waals surface area (Å²) in [6.45, 7) is 2.56. The number of amides is 2. The highest BCUT2D eigenvalue weighted by Gasteiger charge is 2.16. The fourth-order valence-electron chi connectivity index (χ4n) is 2.24. The fraction of sp³-hybridized carbons (Fsp3) is 0.235. The van der Waals surface area contributed by atoms with Crippen molar-refractivity contribution < 1.29 is 19.1 Å². The zero-order valence-electron chi connectivity index (χ0n) is 13.6. The number of nitrogens with zero attached hydrogens (tertiary/aromatic N) is 1. The molecule has 25 heavy (non-hydrogen) atoms. The van der Waals surface area contributed by atoms with Gasteiger partial charge in [0.2, 0.25) is 12.7 Å². The molecule has 7 nitrogen and oxygen atoms in total. The molecule has 2 N–H and O–H groups in total. The van der Waals surface area contributed by atoms with Gasteiger partial charge >= 0.3 is 0 Å². The monoisotopic (exact) mass is 359 g/mol. The van der Waals surface area contributed by atoms with Crippen LogP contribution in [-0.2, 0) is 4.79 Å². The van der Waals surface area contributed by atoms with Crippen molar-refractivity contribution in [3.8, 4) is 11.5 Å². The predicted octanol–water partition coefficient (Wildman–Crippen LogP) is 2.29. The van der Waals surface area contributed by atoms with E-state index in [2.05, 4.69) is 15.6 Å². The van der Waals surface area contributed by atoms with Crippen LogP contribution in [0.25, 0.3) is 0 Å². The second kappa shape index (κ2) is 7.89. The molecule has 0 saturated carbocycles. The minimum atomic E-state index is -0.200. The van der Waals surface area contributed by atoms with Crippen LogP contribution >= 0.6 is 11.8 Å². The van der Waals surface area contributed by atoms with Gasteiger partial charge in [0, 0.05) is 24.5 Å². The lowest BCUT2D eigenvalue weighted by Gasteiger charge is -2.08. The number of hydrogen-bond donors (Lipinski definition) is 2. The number of carbonyl (C=O) groups excluding carboxylic acids is 2. The Kier molecular flexibility index (Phi) is 5.39. The molecule has 1 aliphatic heterocycles. The number of nitrogens with one attached hydrogen (secondary N) is 2. The Balaban J connectivity index is 1.60. The van der Waals surface area contributed by atoms with Crippen molar-refractivity contribution in [3.63, 3.8) is 0 Å². The van der Waals surface area contributed by atoms with Gasteiger partial charge in [0.25, 0.3) is 5.91 Å². The molecule has 2 heterocycles. The highest BCUT2D eigenvalue weighted by Crippen LogP contribution is 2.34. The van der Waals surface area contributed by atoms with Gasteiger partial charge < -0.3 is 20.1 Å². The Labute approximate surface area is 149 Å². The lowest BCUT2D eigenvalue weighted by atomic mass is 10.3. The van der Waals surface area contributed by atoms with Crippen molar-refractivity contribution in [2.75, 3.05) is 24.4 Å². The molecule has 0 radical (unpaired) electrons. The first-order chi connectivity index (χ1) is 12.2. The number of carbonyl (C=O) groups is 2. The van der Waals surface area contributed by atoms with E-state index in [9.17, 15) is 9.59 Å². The number of ether oxygens (including phenoxy) is 2. The number of rotatable bonds is 6. The smallest absolute Gasteiger partial charge is 0.254 e. The quantitative estimate of drug-likeness (QED) is 0.769. The molecule has 1 aromatic heterocycles. The summed E-state index contributed by atoms with van der Waals surface area (Å²) in [7, 11) is 0. The first kappa shape index (κ1) is 17.1.